The van der Waals surface area contributed by atoms with Gasteiger partial charge in [-0.25, -0.2) is 4.39 Å². The topological polar surface area (TPSA) is 55.3 Å². The van der Waals surface area contributed by atoms with Gasteiger partial charge in [-0.05, 0) is 43.7 Å². The van der Waals surface area contributed by atoms with E-state index < -0.39 is 5.41 Å². The Morgan fingerprint density at radius 3 is 2.82 bits per heavy atom. The van der Waals surface area contributed by atoms with E-state index in [0.717, 1.165) is 25.1 Å². The minimum absolute atomic E-state index is 0.132. The number of rotatable bonds is 4. The lowest BCUT2D eigenvalue weighted by Gasteiger charge is -2.42. The van der Waals surface area contributed by atoms with Crippen LogP contribution in [0.3, 0.4) is 0 Å². The van der Waals surface area contributed by atoms with Gasteiger partial charge in [0.15, 0.2) is 0 Å². The first-order valence-electron chi connectivity index (χ1n) is 10.0. The van der Waals surface area contributed by atoms with E-state index in [1.165, 1.54) is 6.07 Å². The van der Waals surface area contributed by atoms with Crippen LogP contribution in [-0.2, 0) is 16.0 Å². The Labute approximate surface area is 164 Å². The molecule has 0 spiro atoms. The molecule has 2 aliphatic rings. The van der Waals surface area contributed by atoms with E-state index in [1.54, 1.807) is 30.7 Å². The van der Waals surface area contributed by atoms with Crippen LogP contribution in [0.5, 0.6) is 0 Å². The molecule has 5 nitrogen and oxygen atoms in total. The average molecular weight is 383 g/mol. The van der Waals surface area contributed by atoms with Crippen LogP contribution in [-0.4, -0.2) is 47.1 Å². The van der Waals surface area contributed by atoms with E-state index in [-0.39, 0.29) is 17.6 Å². The van der Waals surface area contributed by atoms with Crippen LogP contribution in [0.2, 0.25) is 0 Å². The highest BCUT2D eigenvalue weighted by Crippen LogP contribution is 2.38. The second-order valence-corrected chi connectivity index (χ2v) is 7.88. The van der Waals surface area contributed by atoms with Crippen molar-refractivity contribution < 1.29 is 13.9 Å². The fourth-order valence-electron chi connectivity index (χ4n) is 4.49. The molecule has 1 atom stereocenters. The van der Waals surface area contributed by atoms with Gasteiger partial charge in [0.1, 0.15) is 5.82 Å². The lowest BCUT2D eigenvalue weighted by Crippen LogP contribution is -2.51. The molecule has 0 bridgehead atoms. The molecule has 0 radical (unpaired) electrons. The molecule has 2 aromatic rings. The summed E-state index contributed by atoms with van der Waals surface area (Å²) >= 11 is 0. The van der Waals surface area contributed by atoms with Crippen molar-refractivity contribution in [3.63, 3.8) is 0 Å². The number of halogens is 1. The molecule has 3 heterocycles. The van der Waals surface area contributed by atoms with Gasteiger partial charge in [0.2, 0.25) is 5.91 Å². The molecule has 148 valence electrons. The molecule has 2 fully saturated rings. The third kappa shape index (κ3) is 3.92. The molecule has 2 saturated heterocycles. The van der Waals surface area contributed by atoms with Crippen molar-refractivity contribution in [2.75, 3.05) is 26.3 Å². The Kier molecular flexibility index (Phi) is 5.67. The fourth-order valence-corrected chi connectivity index (χ4v) is 4.49. The Balaban J connectivity index is 1.56. The summed E-state index contributed by atoms with van der Waals surface area (Å²) in [6, 6.07) is 6.78. The number of aromatic nitrogens is 2. The maximum atomic E-state index is 14.3. The van der Waals surface area contributed by atoms with Gasteiger partial charge < -0.3 is 9.64 Å². The molecule has 6 heteroatoms. The highest BCUT2D eigenvalue weighted by molar-refractivity contribution is 5.83. The number of hydrogen-bond donors (Lipinski definition) is 0. The number of nitrogens with zero attached hydrogens (tertiary/aromatic N) is 3. The Bertz CT molecular complexity index is 808. The standard InChI is InChI=1S/C22H26FN3O2/c23-19-6-2-1-4-17(19)14-22(7-12-28-13-8-22)21(27)26-11-3-5-18(16-26)20-15-24-9-10-25-20/h1-2,4,6,9-10,15,18H,3,5,7-8,11-14,16H2/t18-/m0/s1. The van der Waals surface area contributed by atoms with E-state index in [1.807, 2.05) is 11.0 Å². The van der Waals surface area contributed by atoms with E-state index in [9.17, 15) is 9.18 Å². The van der Waals surface area contributed by atoms with Gasteiger partial charge in [-0.1, -0.05) is 18.2 Å². The number of benzene rings is 1. The van der Waals surface area contributed by atoms with Crippen molar-refractivity contribution in [1.82, 2.24) is 14.9 Å². The van der Waals surface area contributed by atoms with E-state index >= 15 is 0 Å². The van der Waals surface area contributed by atoms with Crippen molar-refractivity contribution in [3.05, 3.63) is 59.9 Å². The van der Waals surface area contributed by atoms with Gasteiger partial charge in [-0.2, -0.15) is 0 Å². The van der Waals surface area contributed by atoms with Gasteiger partial charge in [-0.15, -0.1) is 0 Å². The Morgan fingerprint density at radius 2 is 2.07 bits per heavy atom. The number of piperidine rings is 1. The summed E-state index contributed by atoms with van der Waals surface area (Å²) in [6.45, 7) is 2.48. The quantitative estimate of drug-likeness (QED) is 0.812. The number of ether oxygens (including phenoxy) is 1. The van der Waals surface area contributed by atoms with Crippen LogP contribution in [0.15, 0.2) is 42.9 Å². The van der Waals surface area contributed by atoms with Gasteiger partial charge >= 0.3 is 0 Å². The first-order valence-corrected chi connectivity index (χ1v) is 10.0. The highest BCUT2D eigenvalue weighted by atomic mass is 19.1. The van der Waals surface area contributed by atoms with Crippen molar-refractivity contribution in [3.8, 4) is 0 Å². The summed E-state index contributed by atoms with van der Waals surface area (Å²) in [5, 5.41) is 0. The number of amides is 1. The maximum Gasteiger partial charge on any atom is 0.229 e. The van der Waals surface area contributed by atoms with Crippen LogP contribution >= 0.6 is 0 Å². The average Bonchev–Trinajstić information content (AvgIpc) is 2.76. The molecule has 0 aliphatic carbocycles. The number of carbonyl (C=O) groups is 1. The van der Waals surface area contributed by atoms with E-state index in [0.29, 0.717) is 44.6 Å². The molecule has 28 heavy (non-hydrogen) atoms. The van der Waals surface area contributed by atoms with Crippen molar-refractivity contribution in [2.45, 2.75) is 38.0 Å². The SMILES string of the molecule is O=C(N1CCC[C@H](c2cnccn2)C1)C1(Cc2ccccc2F)CCOCC1. The van der Waals surface area contributed by atoms with Gasteiger partial charge in [-0.3, -0.25) is 14.8 Å². The highest BCUT2D eigenvalue weighted by Gasteiger charge is 2.44. The van der Waals surface area contributed by atoms with Crippen LogP contribution in [0.1, 0.15) is 42.9 Å². The maximum absolute atomic E-state index is 14.3. The molecule has 0 saturated carbocycles. The van der Waals surface area contributed by atoms with Crippen molar-refractivity contribution in [1.29, 1.82) is 0 Å². The molecular weight excluding hydrogens is 357 g/mol. The molecule has 1 amide bonds. The summed E-state index contributed by atoms with van der Waals surface area (Å²) < 4.78 is 19.9. The van der Waals surface area contributed by atoms with Crippen molar-refractivity contribution >= 4 is 5.91 Å². The summed E-state index contributed by atoms with van der Waals surface area (Å²) in [5.74, 6) is 0.0987. The summed E-state index contributed by atoms with van der Waals surface area (Å²) in [5.41, 5.74) is 0.959. The molecule has 2 aliphatic heterocycles. The van der Waals surface area contributed by atoms with E-state index in [2.05, 4.69) is 9.97 Å². The zero-order valence-electron chi connectivity index (χ0n) is 16.0. The molecule has 4 rings (SSSR count). The van der Waals surface area contributed by atoms with Crippen LogP contribution < -0.4 is 0 Å². The first kappa shape index (κ1) is 19.0. The predicted molar refractivity (Wildman–Crippen MR) is 103 cm³/mol. The second-order valence-electron chi connectivity index (χ2n) is 7.88. The number of carbonyl (C=O) groups excluding carboxylic acids is 1. The monoisotopic (exact) mass is 383 g/mol. The lowest BCUT2D eigenvalue weighted by atomic mass is 9.73. The minimum atomic E-state index is -0.593. The molecule has 0 N–H and O–H groups in total. The summed E-state index contributed by atoms with van der Waals surface area (Å²) in [4.78, 5) is 24.3. The van der Waals surface area contributed by atoms with Gasteiger partial charge in [0.05, 0.1) is 11.1 Å². The van der Waals surface area contributed by atoms with Crippen LogP contribution in [0.4, 0.5) is 4.39 Å². The lowest BCUT2D eigenvalue weighted by molar-refractivity contribution is -0.149. The molecule has 1 aromatic heterocycles. The third-order valence-electron chi connectivity index (χ3n) is 6.10. The van der Waals surface area contributed by atoms with E-state index in [4.69, 9.17) is 4.74 Å². The minimum Gasteiger partial charge on any atom is -0.381 e. The normalized spacial score (nSPS) is 22.0. The third-order valence-corrected chi connectivity index (χ3v) is 6.10. The van der Waals surface area contributed by atoms with Crippen molar-refractivity contribution in [2.24, 2.45) is 5.41 Å². The van der Waals surface area contributed by atoms with Gasteiger partial charge in [0, 0.05) is 50.8 Å². The number of hydrogen-bond acceptors (Lipinski definition) is 4. The summed E-state index contributed by atoms with van der Waals surface area (Å²) in [6.07, 6.45) is 8.80. The molecule has 1 aromatic carbocycles. The van der Waals surface area contributed by atoms with Gasteiger partial charge in [0.25, 0.3) is 0 Å². The number of likely N-dealkylation sites (tertiary alicyclic amines) is 1. The zero-order chi connectivity index (χ0) is 19.4. The Morgan fingerprint density at radius 1 is 1.25 bits per heavy atom. The molecule has 0 unspecified atom stereocenters. The predicted octanol–water partition coefficient (Wildman–Crippen LogP) is 3.36. The van der Waals surface area contributed by atoms with Crippen LogP contribution in [0, 0.1) is 11.2 Å². The molecular formula is C22H26FN3O2. The van der Waals surface area contributed by atoms with Crippen LogP contribution in [0.25, 0.3) is 0 Å². The summed E-state index contributed by atoms with van der Waals surface area (Å²) in [7, 11) is 0. The first-order chi connectivity index (χ1) is 13.7. The smallest absolute Gasteiger partial charge is 0.229 e. The zero-order valence-corrected chi connectivity index (χ0v) is 16.0. The fraction of sp³-hybridized carbons (Fsp3) is 0.500. The Hall–Kier alpha value is -2.34. The largest absolute Gasteiger partial charge is 0.381 e. The second kappa shape index (κ2) is 8.35.